The maximum atomic E-state index is 12.2. The molecule has 0 aromatic heterocycles. The molecule has 1 rings (SSSR count). The van der Waals surface area contributed by atoms with Crippen LogP contribution in [0.5, 0.6) is 0 Å². The van der Waals surface area contributed by atoms with E-state index < -0.39 is 23.9 Å². The van der Waals surface area contributed by atoms with E-state index >= 15 is 0 Å². The van der Waals surface area contributed by atoms with Gasteiger partial charge >= 0.3 is 12.0 Å². The normalized spacial score (nSPS) is 17.3. The van der Waals surface area contributed by atoms with Gasteiger partial charge in [-0.2, -0.15) is 0 Å². The van der Waals surface area contributed by atoms with Gasteiger partial charge in [0, 0.05) is 6.04 Å². The summed E-state index contributed by atoms with van der Waals surface area (Å²) in [6, 6.07) is -1.70. The first-order valence-corrected chi connectivity index (χ1v) is 7.41. The van der Waals surface area contributed by atoms with Crippen LogP contribution < -0.4 is 11.1 Å². The zero-order valence-electron chi connectivity index (χ0n) is 12.7. The van der Waals surface area contributed by atoms with Crippen molar-refractivity contribution in [2.75, 3.05) is 6.54 Å². The number of nitrogens with two attached hydrogens (primary N) is 1. The van der Waals surface area contributed by atoms with E-state index in [0.29, 0.717) is 0 Å². The molecule has 1 aliphatic rings. The van der Waals surface area contributed by atoms with Crippen LogP contribution in [0.15, 0.2) is 0 Å². The predicted molar refractivity (Wildman–Crippen MR) is 77.6 cm³/mol. The average molecular weight is 299 g/mol. The SMILES string of the molecule is CC(C)N(CC(N)=O)C(=O)NC(C(=O)O)C1CCCCC1. The monoisotopic (exact) mass is 299 g/mol. The Hall–Kier alpha value is -1.79. The molecule has 0 radical (unpaired) electrons. The highest BCUT2D eigenvalue weighted by Gasteiger charge is 2.32. The van der Waals surface area contributed by atoms with E-state index in [4.69, 9.17) is 5.73 Å². The molecule has 7 nitrogen and oxygen atoms in total. The van der Waals surface area contributed by atoms with E-state index in [1.807, 2.05) is 0 Å². The first kappa shape index (κ1) is 17.3. The molecule has 1 atom stereocenters. The number of primary amides is 1. The summed E-state index contributed by atoms with van der Waals surface area (Å²) in [6.07, 6.45) is 4.68. The Bertz CT molecular complexity index is 392. The second-order valence-corrected chi connectivity index (χ2v) is 5.85. The third-order valence-electron chi connectivity index (χ3n) is 3.88. The van der Waals surface area contributed by atoms with Crippen LogP contribution >= 0.6 is 0 Å². The van der Waals surface area contributed by atoms with Gasteiger partial charge < -0.3 is 21.1 Å². The van der Waals surface area contributed by atoms with Crippen LogP contribution in [-0.2, 0) is 9.59 Å². The number of carboxylic acid groups (broad SMARTS) is 1. The van der Waals surface area contributed by atoms with Crippen LogP contribution in [0.1, 0.15) is 46.0 Å². The van der Waals surface area contributed by atoms with E-state index in [1.165, 1.54) is 4.90 Å². The Morgan fingerprint density at radius 3 is 2.24 bits per heavy atom. The van der Waals surface area contributed by atoms with E-state index in [9.17, 15) is 19.5 Å². The van der Waals surface area contributed by atoms with Crippen LogP contribution in [-0.4, -0.2) is 46.5 Å². The number of urea groups is 1. The lowest BCUT2D eigenvalue weighted by Gasteiger charge is -2.31. The summed E-state index contributed by atoms with van der Waals surface area (Å²) in [7, 11) is 0. The van der Waals surface area contributed by atoms with E-state index in [2.05, 4.69) is 5.32 Å². The lowest BCUT2D eigenvalue weighted by molar-refractivity contribution is -0.141. The van der Waals surface area contributed by atoms with E-state index in [-0.39, 0.29) is 18.5 Å². The molecule has 1 aliphatic carbocycles. The summed E-state index contributed by atoms with van der Waals surface area (Å²) in [5.74, 6) is -1.70. The number of carbonyl (C=O) groups is 3. The summed E-state index contributed by atoms with van der Waals surface area (Å²) in [6.45, 7) is 3.28. The summed E-state index contributed by atoms with van der Waals surface area (Å²) in [5, 5.41) is 11.9. The van der Waals surface area contributed by atoms with Crippen LogP contribution in [0.2, 0.25) is 0 Å². The fourth-order valence-electron chi connectivity index (χ4n) is 2.72. The van der Waals surface area contributed by atoms with Gasteiger partial charge in [-0.25, -0.2) is 9.59 Å². The summed E-state index contributed by atoms with van der Waals surface area (Å²) in [4.78, 5) is 35.9. The molecule has 21 heavy (non-hydrogen) atoms. The summed E-state index contributed by atoms with van der Waals surface area (Å²) < 4.78 is 0. The van der Waals surface area contributed by atoms with Crippen molar-refractivity contribution in [3.05, 3.63) is 0 Å². The highest BCUT2D eigenvalue weighted by molar-refractivity contribution is 5.86. The average Bonchev–Trinajstić information content (AvgIpc) is 2.42. The Morgan fingerprint density at radius 2 is 1.81 bits per heavy atom. The summed E-state index contributed by atoms with van der Waals surface area (Å²) >= 11 is 0. The van der Waals surface area contributed by atoms with Gasteiger partial charge in [0.05, 0.1) is 0 Å². The predicted octanol–water partition coefficient (Wildman–Crippen LogP) is 0.925. The fourth-order valence-corrected chi connectivity index (χ4v) is 2.72. The van der Waals surface area contributed by atoms with E-state index in [0.717, 1.165) is 32.1 Å². The lowest BCUT2D eigenvalue weighted by atomic mass is 9.84. The molecule has 3 amide bonds. The second-order valence-electron chi connectivity index (χ2n) is 5.85. The maximum Gasteiger partial charge on any atom is 0.326 e. The molecule has 0 heterocycles. The Labute approximate surface area is 124 Å². The topological polar surface area (TPSA) is 113 Å². The molecule has 7 heteroatoms. The van der Waals surface area contributed by atoms with Gasteiger partial charge in [-0.1, -0.05) is 19.3 Å². The molecule has 120 valence electrons. The molecular weight excluding hydrogens is 274 g/mol. The van der Waals surface area contributed by atoms with Crippen molar-refractivity contribution in [2.45, 2.75) is 58.0 Å². The van der Waals surface area contributed by atoms with Gasteiger partial charge in [-0.15, -0.1) is 0 Å². The molecule has 0 spiro atoms. The van der Waals surface area contributed by atoms with Crippen LogP contribution in [0.3, 0.4) is 0 Å². The van der Waals surface area contributed by atoms with Crippen molar-refractivity contribution in [3.8, 4) is 0 Å². The van der Waals surface area contributed by atoms with E-state index in [1.54, 1.807) is 13.8 Å². The molecule has 1 fully saturated rings. The fraction of sp³-hybridized carbons (Fsp3) is 0.786. The van der Waals surface area contributed by atoms with Gasteiger partial charge in [0.1, 0.15) is 12.6 Å². The number of carboxylic acids is 1. The molecule has 1 saturated carbocycles. The van der Waals surface area contributed by atoms with Gasteiger partial charge in [0.15, 0.2) is 0 Å². The second kappa shape index (κ2) is 7.85. The van der Waals surface area contributed by atoms with Crippen LogP contribution in [0.4, 0.5) is 4.79 Å². The Morgan fingerprint density at radius 1 is 1.24 bits per heavy atom. The lowest BCUT2D eigenvalue weighted by Crippen LogP contribution is -2.54. The Kier molecular flexibility index (Phi) is 6.45. The van der Waals surface area contributed by atoms with Crippen molar-refractivity contribution in [1.29, 1.82) is 0 Å². The van der Waals surface area contributed by atoms with Crippen molar-refractivity contribution < 1.29 is 19.5 Å². The number of nitrogens with one attached hydrogen (secondary N) is 1. The first-order chi connectivity index (χ1) is 9.82. The van der Waals surface area contributed by atoms with Crippen molar-refractivity contribution in [1.82, 2.24) is 10.2 Å². The van der Waals surface area contributed by atoms with Crippen molar-refractivity contribution in [2.24, 2.45) is 11.7 Å². The van der Waals surface area contributed by atoms with Crippen molar-refractivity contribution in [3.63, 3.8) is 0 Å². The number of nitrogens with zero attached hydrogens (tertiary/aromatic N) is 1. The molecule has 0 aromatic rings. The molecule has 0 aliphatic heterocycles. The number of rotatable bonds is 6. The van der Waals surface area contributed by atoms with Gasteiger partial charge in [0.25, 0.3) is 0 Å². The van der Waals surface area contributed by atoms with Crippen LogP contribution in [0, 0.1) is 5.92 Å². The first-order valence-electron chi connectivity index (χ1n) is 7.41. The van der Waals surface area contributed by atoms with Gasteiger partial charge in [-0.05, 0) is 32.6 Å². The number of hydrogen-bond acceptors (Lipinski definition) is 3. The van der Waals surface area contributed by atoms with Gasteiger partial charge in [0.2, 0.25) is 5.91 Å². The zero-order valence-corrected chi connectivity index (χ0v) is 12.7. The standard InChI is InChI=1S/C14H25N3O4/c1-9(2)17(8-11(15)18)14(21)16-12(13(19)20)10-6-4-3-5-7-10/h9-10,12H,3-8H2,1-2H3,(H2,15,18)(H,16,21)(H,19,20). The summed E-state index contributed by atoms with van der Waals surface area (Å²) in [5.41, 5.74) is 5.13. The quantitative estimate of drug-likeness (QED) is 0.677. The number of hydrogen-bond donors (Lipinski definition) is 3. The number of aliphatic carboxylic acids is 1. The molecular formula is C14H25N3O4. The van der Waals surface area contributed by atoms with Crippen LogP contribution in [0.25, 0.3) is 0 Å². The zero-order chi connectivity index (χ0) is 16.0. The molecule has 1 unspecified atom stereocenters. The third kappa shape index (κ3) is 5.24. The maximum absolute atomic E-state index is 12.2. The molecule has 0 bridgehead atoms. The van der Waals surface area contributed by atoms with Crippen molar-refractivity contribution >= 4 is 17.9 Å². The largest absolute Gasteiger partial charge is 0.480 e. The highest BCUT2D eigenvalue weighted by atomic mass is 16.4. The minimum Gasteiger partial charge on any atom is -0.480 e. The minimum absolute atomic E-state index is 0.0530. The highest BCUT2D eigenvalue weighted by Crippen LogP contribution is 2.26. The smallest absolute Gasteiger partial charge is 0.326 e. The van der Waals surface area contributed by atoms with Gasteiger partial charge in [-0.3, -0.25) is 4.79 Å². The Balaban J connectivity index is 2.74. The molecule has 0 saturated heterocycles. The molecule has 0 aromatic carbocycles. The molecule has 4 N–H and O–H groups in total. The number of amides is 3. The number of carbonyl (C=O) groups excluding carboxylic acids is 2. The third-order valence-corrected chi connectivity index (χ3v) is 3.88. The minimum atomic E-state index is -1.03.